The van der Waals surface area contributed by atoms with Crippen LogP contribution in [-0.4, -0.2) is 62.8 Å². The largest absolute Gasteiger partial charge is 0.439 e. The minimum absolute atomic E-state index is 0.0259. The molecule has 0 spiro atoms. The molecule has 8 nitrogen and oxygen atoms in total. The molecule has 1 aromatic carbocycles. The van der Waals surface area contributed by atoms with Crippen molar-refractivity contribution in [3.63, 3.8) is 0 Å². The molecule has 0 saturated carbocycles. The molecule has 0 aromatic heterocycles. The van der Waals surface area contributed by atoms with Gasteiger partial charge in [0.25, 0.3) is 0 Å². The van der Waals surface area contributed by atoms with Crippen molar-refractivity contribution in [3.8, 4) is 0 Å². The molecule has 1 aromatic rings. The van der Waals surface area contributed by atoms with Crippen LogP contribution in [0.2, 0.25) is 0 Å². The maximum absolute atomic E-state index is 12.5. The molecule has 1 fully saturated rings. The van der Waals surface area contributed by atoms with Crippen LogP contribution in [-0.2, 0) is 14.3 Å². The Morgan fingerprint density at radius 1 is 1.32 bits per heavy atom. The maximum atomic E-state index is 12.5. The average molecular weight is 440 g/mol. The lowest BCUT2D eigenvalue weighted by molar-refractivity contribution is -0.159. The van der Waals surface area contributed by atoms with Gasteiger partial charge in [-0.2, -0.15) is 13.2 Å². The number of nitrogens with zero attached hydrogens (tertiary/aromatic N) is 3. The smallest absolute Gasteiger partial charge is 0.422 e. The molecule has 0 radical (unpaired) electrons. The van der Waals surface area contributed by atoms with E-state index in [-0.39, 0.29) is 24.2 Å². The number of carbonyl (C=O) groups is 2. The fourth-order valence-corrected chi connectivity index (χ4v) is 3.39. The molecule has 1 saturated heterocycles. The summed E-state index contributed by atoms with van der Waals surface area (Å²) in [5.41, 5.74) is 7.50. The van der Waals surface area contributed by atoms with Crippen molar-refractivity contribution in [2.75, 3.05) is 36.2 Å². The molecule has 0 aliphatic carbocycles. The number of benzene rings is 1. The van der Waals surface area contributed by atoms with Crippen LogP contribution in [0, 0.1) is 0 Å². The van der Waals surface area contributed by atoms with Crippen molar-refractivity contribution in [1.29, 1.82) is 0 Å². The van der Waals surface area contributed by atoms with Crippen molar-refractivity contribution in [1.82, 2.24) is 0 Å². The van der Waals surface area contributed by atoms with Crippen molar-refractivity contribution >= 4 is 35.2 Å². The van der Waals surface area contributed by atoms with Gasteiger partial charge in [0.2, 0.25) is 5.91 Å². The van der Waals surface area contributed by atoms with Crippen molar-refractivity contribution in [3.05, 3.63) is 30.0 Å². The van der Waals surface area contributed by atoms with Gasteiger partial charge in [-0.3, -0.25) is 14.7 Å². The summed E-state index contributed by atoms with van der Waals surface area (Å²) in [6.45, 7) is 2.38. The second-order valence-corrected chi connectivity index (χ2v) is 7.31. The van der Waals surface area contributed by atoms with Gasteiger partial charge in [-0.1, -0.05) is 6.07 Å². The van der Waals surface area contributed by atoms with Crippen LogP contribution < -0.4 is 15.5 Å². The van der Waals surface area contributed by atoms with Crippen LogP contribution in [0.25, 0.3) is 5.57 Å². The molecule has 2 heterocycles. The van der Waals surface area contributed by atoms with Crippen LogP contribution in [0.1, 0.15) is 19.4 Å². The normalized spacial score (nSPS) is 19.9. The number of hydrogen-bond donors (Lipinski definition) is 1. The number of nitrogens with two attached hydrogens (primary N) is 1. The molecule has 3 rings (SSSR count). The predicted octanol–water partition coefficient (Wildman–Crippen LogP) is 2.72. The zero-order valence-corrected chi connectivity index (χ0v) is 17.1. The highest BCUT2D eigenvalue weighted by atomic mass is 19.4. The summed E-state index contributed by atoms with van der Waals surface area (Å²) in [5.74, 6) is -0.258. The van der Waals surface area contributed by atoms with Gasteiger partial charge in [0.05, 0.1) is 36.7 Å². The van der Waals surface area contributed by atoms with E-state index in [1.54, 1.807) is 31.3 Å². The van der Waals surface area contributed by atoms with Crippen molar-refractivity contribution in [2.45, 2.75) is 32.1 Å². The van der Waals surface area contributed by atoms with E-state index in [9.17, 15) is 22.8 Å². The van der Waals surface area contributed by atoms with E-state index < -0.39 is 24.9 Å². The first-order valence-corrected chi connectivity index (χ1v) is 9.58. The third kappa shape index (κ3) is 5.16. The Morgan fingerprint density at radius 3 is 2.58 bits per heavy atom. The number of halogens is 3. The summed E-state index contributed by atoms with van der Waals surface area (Å²) in [5, 5.41) is 0. The molecule has 168 valence electrons. The van der Waals surface area contributed by atoms with Gasteiger partial charge >= 0.3 is 12.3 Å². The number of rotatable bonds is 4. The summed E-state index contributed by atoms with van der Waals surface area (Å²) >= 11 is 0. The Balaban J connectivity index is 1.96. The molecule has 1 atom stereocenters. The molecular weight excluding hydrogens is 417 g/mol. The number of carbonyl (C=O) groups excluding carboxylic acids is 2. The lowest BCUT2D eigenvalue weighted by atomic mass is 10.0. The van der Waals surface area contributed by atoms with E-state index >= 15 is 0 Å². The number of aliphatic imine (C=N–C) groups is 1. The highest BCUT2D eigenvalue weighted by molar-refractivity contribution is 6.11. The molecule has 2 aliphatic heterocycles. The lowest BCUT2D eigenvalue weighted by Crippen LogP contribution is -2.51. The number of hydrogen-bond acceptors (Lipinski definition) is 6. The molecule has 2 amide bonds. The minimum atomic E-state index is -4.65. The summed E-state index contributed by atoms with van der Waals surface area (Å²) in [4.78, 5) is 31.6. The van der Waals surface area contributed by atoms with E-state index in [0.717, 1.165) is 4.90 Å². The molecular formula is C20H23F3N4O4. The summed E-state index contributed by atoms with van der Waals surface area (Å²) < 4.78 is 47.1. The Kier molecular flexibility index (Phi) is 6.54. The van der Waals surface area contributed by atoms with Crippen molar-refractivity contribution < 1.29 is 32.2 Å². The summed E-state index contributed by atoms with van der Waals surface area (Å²) in [7, 11) is 0. The highest BCUT2D eigenvalue weighted by Gasteiger charge is 2.37. The van der Waals surface area contributed by atoms with Crippen LogP contribution in [0.15, 0.2) is 29.4 Å². The van der Waals surface area contributed by atoms with E-state index in [1.165, 1.54) is 18.0 Å². The Morgan fingerprint density at radius 2 is 2.03 bits per heavy atom. The quantitative estimate of drug-likeness (QED) is 0.726. The van der Waals surface area contributed by atoms with Crippen LogP contribution >= 0.6 is 0 Å². The van der Waals surface area contributed by atoms with Crippen LogP contribution in [0.4, 0.5) is 29.3 Å². The molecule has 2 aliphatic rings. The minimum Gasteiger partial charge on any atom is -0.439 e. The van der Waals surface area contributed by atoms with Gasteiger partial charge in [-0.05, 0) is 24.6 Å². The Hall–Kier alpha value is -3.08. The molecule has 0 bridgehead atoms. The molecule has 2 N–H and O–H groups in total. The van der Waals surface area contributed by atoms with Crippen LogP contribution in [0.3, 0.4) is 0 Å². The first-order valence-electron chi connectivity index (χ1n) is 9.58. The van der Waals surface area contributed by atoms with Crippen molar-refractivity contribution in [2.24, 2.45) is 10.7 Å². The maximum Gasteiger partial charge on any atom is 0.422 e. The number of alkyl halides is 3. The summed E-state index contributed by atoms with van der Waals surface area (Å²) in [6.07, 6.45) is -2.88. The third-order valence-corrected chi connectivity index (χ3v) is 4.89. The monoisotopic (exact) mass is 440 g/mol. The Bertz CT molecular complexity index is 912. The van der Waals surface area contributed by atoms with Gasteiger partial charge in [0, 0.05) is 31.5 Å². The number of amides is 2. The highest BCUT2D eigenvalue weighted by Crippen LogP contribution is 2.38. The standard InChI is InChI=1S/C20H23F3N4O4/c1-12-8-26(19(29)31-11-20(21,22)23)18-5-14(3-4-17(18)27(12)13(2)28)15(6-24)7-25-16-9-30-10-16/h3-7,12,16H,8-11,24H2,1-2H3/b15-6+,25-7?/t12-/m0/s1. The number of fused-ring (bicyclic) bond motifs is 1. The molecule has 0 unspecified atom stereocenters. The SMILES string of the molecule is CC(=O)N1c2ccc(/C(C=NC3COC3)=C/N)cc2N(C(=O)OCC(F)(F)F)C[C@@H]1C. The zero-order chi connectivity index (χ0) is 22.8. The molecule has 31 heavy (non-hydrogen) atoms. The van der Waals surface area contributed by atoms with E-state index in [1.807, 2.05) is 0 Å². The van der Waals surface area contributed by atoms with Gasteiger partial charge < -0.3 is 20.1 Å². The molecule has 11 heteroatoms. The van der Waals surface area contributed by atoms with Gasteiger partial charge in [0.15, 0.2) is 6.61 Å². The fraction of sp³-hybridized carbons (Fsp3) is 0.450. The number of allylic oxidation sites excluding steroid dienone is 1. The number of anilines is 2. The van der Waals surface area contributed by atoms with Gasteiger partial charge in [-0.25, -0.2) is 4.79 Å². The lowest BCUT2D eigenvalue weighted by Gasteiger charge is -2.40. The van der Waals surface area contributed by atoms with Gasteiger partial charge in [-0.15, -0.1) is 0 Å². The second kappa shape index (κ2) is 8.96. The fourth-order valence-electron chi connectivity index (χ4n) is 3.39. The Labute approximate surface area is 177 Å². The van der Waals surface area contributed by atoms with E-state index in [4.69, 9.17) is 10.5 Å². The second-order valence-electron chi connectivity index (χ2n) is 7.31. The predicted molar refractivity (Wildman–Crippen MR) is 109 cm³/mol. The van der Waals surface area contributed by atoms with E-state index in [2.05, 4.69) is 9.73 Å². The zero-order valence-electron chi connectivity index (χ0n) is 17.1. The van der Waals surface area contributed by atoms with E-state index in [0.29, 0.717) is 30.0 Å². The average Bonchev–Trinajstić information content (AvgIpc) is 2.66. The first-order chi connectivity index (χ1) is 14.6. The topological polar surface area (TPSA) is 97.5 Å². The summed E-state index contributed by atoms with van der Waals surface area (Å²) in [6, 6.07) is 4.48. The van der Waals surface area contributed by atoms with Crippen LogP contribution in [0.5, 0.6) is 0 Å². The third-order valence-electron chi connectivity index (χ3n) is 4.89. The number of ether oxygens (including phenoxy) is 2. The first kappa shape index (κ1) is 22.6. The van der Waals surface area contributed by atoms with Gasteiger partial charge in [0.1, 0.15) is 0 Å².